The number of rotatable bonds is 5. The molecule has 0 spiro atoms. The molecule has 0 aliphatic heterocycles. The zero-order valence-electron chi connectivity index (χ0n) is 11.9. The van der Waals surface area contributed by atoms with Gasteiger partial charge in [0.2, 0.25) is 5.91 Å². The number of nitrogens with one attached hydrogen (secondary N) is 1. The highest BCUT2D eigenvalue weighted by atomic mass is 32.2. The van der Waals surface area contributed by atoms with E-state index in [0.29, 0.717) is 11.6 Å². The van der Waals surface area contributed by atoms with Gasteiger partial charge in [0.15, 0.2) is 5.13 Å². The van der Waals surface area contributed by atoms with Crippen LogP contribution in [0.25, 0.3) is 11.3 Å². The van der Waals surface area contributed by atoms with Crippen molar-refractivity contribution in [2.75, 3.05) is 17.3 Å². The van der Waals surface area contributed by atoms with E-state index in [2.05, 4.69) is 42.3 Å². The van der Waals surface area contributed by atoms with E-state index in [4.69, 9.17) is 0 Å². The summed E-state index contributed by atoms with van der Waals surface area (Å²) in [4.78, 5) is 16.2. The van der Waals surface area contributed by atoms with Gasteiger partial charge in [-0.15, -0.1) is 11.3 Å². The van der Waals surface area contributed by atoms with Crippen molar-refractivity contribution in [2.24, 2.45) is 0 Å². The van der Waals surface area contributed by atoms with Crippen LogP contribution in [0.15, 0.2) is 23.6 Å². The number of carbonyl (C=O) groups excluding carboxylic acids is 1. The van der Waals surface area contributed by atoms with E-state index in [9.17, 15) is 4.79 Å². The Bertz CT molecular complexity index is 608. The predicted octanol–water partition coefficient (Wildman–Crippen LogP) is 4.12. The summed E-state index contributed by atoms with van der Waals surface area (Å²) >= 11 is 3.14. The summed E-state index contributed by atoms with van der Waals surface area (Å²) in [7, 11) is 0. The van der Waals surface area contributed by atoms with Crippen molar-refractivity contribution in [3.05, 3.63) is 34.7 Å². The molecule has 0 unspecified atom stereocenters. The fourth-order valence-corrected chi connectivity index (χ4v) is 3.05. The molecule has 0 bridgehead atoms. The number of thiazole rings is 1. The van der Waals surface area contributed by atoms with Gasteiger partial charge in [-0.1, -0.05) is 23.8 Å². The zero-order chi connectivity index (χ0) is 14.5. The van der Waals surface area contributed by atoms with Gasteiger partial charge in [0, 0.05) is 23.1 Å². The third-order valence-electron chi connectivity index (χ3n) is 2.94. The van der Waals surface area contributed by atoms with E-state index < -0.39 is 0 Å². The molecule has 1 N–H and O–H groups in total. The molecule has 0 fully saturated rings. The summed E-state index contributed by atoms with van der Waals surface area (Å²) in [6, 6.07) is 6.31. The minimum absolute atomic E-state index is 0.0286. The van der Waals surface area contributed by atoms with Crippen LogP contribution in [0.4, 0.5) is 5.13 Å². The fourth-order valence-electron chi connectivity index (χ4n) is 1.93. The van der Waals surface area contributed by atoms with E-state index >= 15 is 0 Å². The topological polar surface area (TPSA) is 42.0 Å². The van der Waals surface area contributed by atoms with Gasteiger partial charge in [0.25, 0.3) is 0 Å². The first-order valence-corrected chi connectivity index (χ1v) is 8.69. The summed E-state index contributed by atoms with van der Waals surface area (Å²) in [5, 5.41) is 5.51. The van der Waals surface area contributed by atoms with Crippen LogP contribution in [0.1, 0.15) is 17.5 Å². The molecule has 1 aromatic carbocycles. The number of thioether (sulfide) groups is 1. The Hall–Kier alpha value is -1.33. The van der Waals surface area contributed by atoms with E-state index in [1.807, 2.05) is 11.6 Å². The number of amides is 1. The lowest BCUT2D eigenvalue weighted by Gasteiger charge is -2.03. The number of aryl methyl sites for hydroxylation is 2. The highest BCUT2D eigenvalue weighted by Gasteiger charge is 2.09. The first-order valence-electron chi connectivity index (χ1n) is 6.42. The molecular formula is C15H18N2OS2. The smallest absolute Gasteiger partial charge is 0.226 e. The van der Waals surface area contributed by atoms with Crippen molar-refractivity contribution in [2.45, 2.75) is 20.3 Å². The molecule has 1 amide bonds. The summed E-state index contributed by atoms with van der Waals surface area (Å²) in [5.41, 5.74) is 4.49. The molecule has 0 atom stereocenters. The predicted molar refractivity (Wildman–Crippen MR) is 88.7 cm³/mol. The van der Waals surface area contributed by atoms with E-state index in [1.165, 1.54) is 22.5 Å². The summed E-state index contributed by atoms with van der Waals surface area (Å²) < 4.78 is 0. The first kappa shape index (κ1) is 15.1. The molecule has 20 heavy (non-hydrogen) atoms. The van der Waals surface area contributed by atoms with Crippen molar-refractivity contribution >= 4 is 34.1 Å². The van der Waals surface area contributed by atoms with Crippen LogP contribution in [0.5, 0.6) is 0 Å². The standard InChI is InChI=1S/C15H18N2OS2/c1-10-4-5-12(11(2)8-10)13-9-20-15(16-13)17-14(18)6-7-19-3/h4-5,8-9H,6-7H2,1-3H3,(H,16,17,18). The number of benzene rings is 1. The third-order valence-corrected chi connectivity index (χ3v) is 4.31. The maximum absolute atomic E-state index is 11.7. The van der Waals surface area contributed by atoms with Crippen LogP contribution in [0.2, 0.25) is 0 Å². The normalized spacial score (nSPS) is 10.6. The maximum atomic E-state index is 11.7. The van der Waals surface area contributed by atoms with Crippen LogP contribution in [0.3, 0.4) is 0 Å². The van der Waals surface area contributed by atoms with E-state index in [1.54, 1.807) is 11.8 Å². The number of nitrogens with zero attached hydrogens (tertiary/aromatic N) is 1. The molecule has 0 radical (unpaired) electrons. The number of hydrogen-bond acceptors (Lipinski definition) is 4. The Morgan fingerprint density at radius 2 is 2.20 bits per heavy atom. The highest BCUT2D eigenvalue weighted by molar-refractivity contribution is 7.98. The van der Waals surface area contributed by atoms with Gasteiger partial charge in [-0.2, -0.15) is 11.8 Å². The van der Waals surface area contributed by atoms with Crippen molar-refractivity contribution in [3.8, 4) is 11.3 Å². The van der Waals surface area contributed by atoms with Crippen molar-refractivity contribution in [1.82, 2.24) is 4.98 Å². The Labute approximate surface area is 127 Å². The summed E-state index contributed by atoms with van der Waals surface area (Å²) in [5.74, 6) is 0.863. The lowest BCUT2D eigenvalue weighted by Crippen LogP contribution is -2.11. The number of aromatic nitrogens is 1. The summed E-state index contributed by atoms with van der Waals surface area (Å²) in [6.07, 6.45) is 2.52. The molecular weight excluding hydrogens is 288 g/mol. The van der Waals surface area contributed by atoms with Crippen molar-refractivity contribution < 1.29 is 4.79 Å². The quantitative estimate of drug-likeness (QED) is 0.903. The van der Waals surface area contributed by atoms with Gasteiger partial charge in [-0.05, 0) is 25.7 Å². The van der Waals surface area contributed by atoms with Gasteiger partial charge in [0.05, 0.1) is 5.69 Å². The average molecular weight is 306 g/mol. The lowest BCUT2D eigenvalue weighted by molar-refractivity contribution is -0.115. The molecule has 0 saturated heterocycles. The molecule has 0 aliphatic rings. The molecule has 2 aromatic rings. The first-order chi connectivity index (χ1) is 9.60. The van der Waals surface area contributed by atoms with Gasteiger partial charge in [0.1, 0.15) is 0 Å². The van der Waals surface area contributed by atoms with Gasteiger partial charge >= 0.3 is 0 Å². The molecule has 2 rings (SSSR count). The fraction of sp³-hybridized carbons (Fsp3) is 0.333. The Kier molecular flexibility index (Phi) is 5.20. The number of hydrogen-bond donors (Lipinski definition) is 1. The molecule has 1 aromatic heterocycles. The van der Waals surface area contributed by atoms with Crippen molar-refractivity contribution in [1.29, 1.82) is 0 Å². The molecule has 3 nitrogen and oxygen atoms in total. The van der Waals surface area contributed by atoms with E-state index in [-0.39, 0.29) is 5.91 Å². The molecule has 1 heterocycles. The molecule has 0 saturated carbocycles. The van der Waals surface area contributed by atoms with Crippen LogP contribution in [0, 0.1) is 13.8 Å². The molecule has 0 aliphatic carbocycles. The monoisotopic (exact) mass is 306 g/mol. The largest absolute Gasteiger partial charge is 0.302 e. The second-order valence-corrected chi connectivity index (χ2v) is 6.49. The molecule has 5 heteroatoms. The number of carbonyl (C=O) groups is 1. The minimum Gasteiger partial charge on any atom is -0.302 e. The van der Waals surface area contributed by atoms with Gasteiger partial charge in [-0.3, -0.25) is 4.79 Å². The van der Waals surface area contributed by atoms with Gasteiger partial charge in [-0.25, -0.2) is 4.98 Å². The third kappa shape index (κ3) is 3.84. The van der Waals surface area contributed by atoms with Crippen molar-refractivity contribution in [3.63, 3.8) is 0 Å². The second-order valence-electron chi connectivity index (χ2n) is 4.65. The second kappa shape index (κ2) is 6.90. The lowest BCUT2D eigenvalue weighted by atomic mass is 10.0. The Morgan fingerprint density at radius 3 is 2.90 bits per heavy atom. The van der Waals surface area contributed by atoms with E-state index in [0.717, 1.165) is 17.0 Å². The Balaban J connectivity index is 2.10. The average Bonchev–Trinajstić information content (AvgIpc) is 2.84. The minimum atomic E-state index is 0.0286. The zero-order valence-corrected chi connectivity index (χ0v) is 13.5. The van der Waals surface area contributed by atoms with Crippen LogP contribution in [-0.2, 0) is 4.79 Å². The van der Waals surface area contributed by atoms with Crippen LogP contribution in [-0.4, -0.2) is 22.9 Å². The van der Waals surface area contributed by atoms with Crippen LogP contribution >= 0.6 is 23.1 Å². The summed E-state index contributed by atoms with van der Waals surface area (Å²) in [6.45, 7) is 4.16. The molecule has 106 valence electrons. The maximum Gasteiger partial charge on any atom is 0.226 e. The SMILES string of the molecule is CSCCC(=O)Nc1nc(-c2ccc(C)cc2C)cs1. The van der Waals surface area contributed by atoms with Gasteiger partial charge < -0.3 is 5.32 Å². The highest BCUT2D eigenvalue weighted by Crippen LogP contribution is 2.28. The number of anilines is 1. The Morgan fingerprint density at radius 1 is 1.40 bits per heavy atom. The van der Waals surface area contributed by atoms with Crippen LogP contribution < -0.4 is 5.32 Å².